The molecule has 3 aromatic rings. The Morgan fingerprint density at radius 3 is 2.67 bits per heavy atom. The Bertz CT molecular complexity index is 920. The van der Waals surface area contributed by atoms with Crippen molar-refractivity contribution >= 4 is 22.1 Å². The van der Waals surface area contributed by atoms with Gasteiger partial charge in [0.05, 0.1) is 16.5 Å². The highest BCUT2D eigenvalue weighted by atomic mass is 32.1. The number of halogens is 1. The van der Waals surface area contributed by atoms with E-state index in [4.69, 9.17) is 0 Å². The fourth-order valence-corrected chi connectivity index (χ4v) is 4.06. The van der Waals surface area contributed by atoms with Crippen LogP contribution in [0.2, 0.25) is 0 Å². The number of phenolic OH excluding ortho intramolecular Hbond substituents is 1. The summed E-state index contributed by atoms with van der Waals surface area (Å²) in [5.41, 5.74) is 2.64. The fraction of sp³-hybridized carbons (Fsp3) is 0.105. The number of fused-ring (bicyclic) bond motifs is 1. The van der Waals surface area contributed by atoms with Crippen LogP contribution < -0.4 is 5.32 Å². The molecule has 0 saturated carbocycles. The van der Waals surface area contributed by atoms with E-state index < -0.39 is 5.82 Å². The van der Waals surface area contributed by atoms with Crippen molar-refractivity contribution < 1.29 is 14.3 Å². The van der Waals surface area contributed by atoms with Crippen LogP contribution in [-0.2, 0) is 0 Å². The predicted molar refractivity (Wildman–Crippen MR) is 93.4 cm³/mol. The SMILES string of the molecule is O=C1c2c(-c3ccc(F)cc3O)csc2NCC1c1ccccc1. The van der Waals surface area contributed by atoms with Gasteiger partial charge in [0, 0.05) is 29.1 Å². The number of benzene rings is 2. The molecule has 2 N–H and O–H groups in total. The second-order valence-corrected chi connectivity index (χ2v) is 6.60. The zero-order valence-corrected chi connectivity index (χ0v) is 13.4. The van der Waals surface area contributed by atoms with Gasteiger partial charge in [-0.15, -0.1) is 11.3 Å². The van der Waals surface area contributed by atoms with Crippen LogP contribution in [0.15, 0.2) is 53.9 Å². The quantitative estimate of drug-likeness (QED) is 0.714. The first-order valence-electron chi connectivity index (χ1n) is 7.58. The first-order valence-corrected chi connectivity index (χ1v) is 8.46. The summed E-state index contributed by atoms with van der Waals surface area (Å²) in [6.45, 7) is 0.547. The van der Waals surface area contributed by atoms with Gasteiger partial charge in [0.15, 0.2) is 5.78 Å². The molecule has 2 heterocycles. The van der Waals surface area contributed by atoms with Crippen molar-refractivity contribution in [3.05, 3.63) is 70.9 Å². The van der Waals surface area contributed by atoms with Crippen molar-refractivity contribution in [3.63, 3.8) is 0 Å². The maximum Gasteiger partial charge on any atom is 0.175 e. The molecular weight excluding hydrogens is 325 g/mol. The molecule has 1 aliphatic rings. The first kappa shape index (κ1) is 14.9. The molecule has 0 bridgehead atoms. The van der Waals surface area contributed by atoms with Gasteiger partial charge in [-0.3, -0.25) is 4.79 Å². The molecule has 120 valence electrons. The van der Waals surface area contributed by atoms with Crippen molar-refractivity contribution in [1.82, 2.24) is 0 Å². The number of thiophene rings is 1. The molecule has 2 aromatic carbocycles. The molecular formula is C19H14FNO2S. The summed E-state index contributed by atoms with van der Waals surface area (Å²) in [6.07, 6.45) is 0. The zero-order valence-electron chi connectivity index (χ0n) is 12.6. The second-order valence-electron chi connectivity index (χ2n) is 5.72. The molecule has 5 heteroatoms. The van der Waals surface area contributed by atoms with Crippen LogP contribution >= 0.6 is 11.3 Å². The summed E-state index contributed by atoms with van der Waals surface area (Å²) in [5.74, 6) is -0.915. The smallest absolute Gasteiger partial charge is 0.175 e. The number of hydrogen-bond acceptors (Lipinski definition) is 4. The van der Waals surface area contributed by atoms with E-state index in [-0.39, 0.29) is 17.5 Å². The van der Waals surface area contributed by atoms with Crippen molar-refractivity contribution in [2.24, 2.45) is 0 Å². The molecule has 1 unspecified atom stereocenters. The van der Waals surface area contributed by atoms with Crippen LogP contribution in [0, 0.1) is 5.82 Å². The van der Waals surface area contributed by atoms with Crippen molar-refractivity contribution in [2.45, 2.75) is 5.92 Å². The molecule has 4 rings (SSSR count). The van der Waals surface area contributed by atoms with Gasteiger partial charge in [-0.05, 0) is 17.7 Å². The molecule has 1 atom stereocenters. The summed E-state index contributed by atoms with van der Waals surface area (Å²) < 4.78 is 13.3. The van der Waals surface area contributed by atoms with E-state index in [2.05, 4.69) is 5.32 Å². The lowest BCUT2D eigenvalue weighted by atomic mass is 9.86. The largest absolute Gasteiger partial charge is 0.507 e. The van der Waals surface area contributed by atoms with E-state index in [0.717, 1.165) is 16.6 Å². The molecule has 24 heavy (non-hydrogen) atoms. The van der Waals surface area contributed by atoms with Crippen LogP contribution in [0.3, 0.4) is 0 Å². The number of phenols is 1. The summed E-state index contributed by atoms with van der Waals surface area (Å²) in [5, 5.41) is 16.0. The van der Waals surface area contributed by atoms with Gasteiger partial charge in [-0.25, -0.2) is 4.39 Å². The van der Waals surface area contributed by atoms with Crippen LogP contribution in [-0.4, -0.2) is 17.4 Å². The average Bonchev–Trinajstić information content (AvgIpc) is 3.01. The number of carbonyl (C=O) groups excluding carboxylic acids is 1. The number of Topliss-reactive ketones (excluding diaryl/α,β-unsaturated/α-hetero) is 1. The molecule has 0 saturated heterocycles. The lowest BCUT2D eigenvalue weighted by molar-refractivity contribution is 0.0961. The number of aromatic hydroxyl groups is 1. The Morgan fingerprint density at radius 2 is 1.92 bits per heavy atom. The van der Waals surface area contributed by atoms with Crippen molar-refractivity contribution in [1.29, 1.82) is 0 Å². The number of hydrogen-bond donors (Lipinski definition) is 2. The normalized spacial score (nSPS) is 16.5. The zero-order chi connectivity index (χ0) is 16.7. The van der Waals surface area contributed by atoms with Gasteiger partial charge in [-0.2, -0.15) is 0 Å². The highest BCUT2D eigenvalue weighted by molar-refractivity contribution is 7.15. The molecule has 0 amide bonds. The molecule has 0 spiro atoms. The number of rotatable bonds is 2. The Morgan fingerprint density at radius 1 is 1.12 bits per heavy atom. The van der Waals surface area contributed by atoms with E-state index in [1.54, 1.807) is 0 Å². The number of nitrogens with one attached hydrogen (secondary N) is 1. The molecule has 1 aromatic heterocycles. The minimum absolute atomic E-state index is 0.0231. The van der Waals surface area contributed by atoms with E-state index in [1.807, 2.05) is 35.7 Å². The van der Waals surface area contributed by atoms with E-state index in [9.17, 15) is 14.3 Å². The standard InChI is InChI=1S/C19H14FNO2S/c20-12-6-7-13(16(22)8-12)15-10-24-19-17(15)18(23)14(9-21-19)11-4-2-1-3-5-11/h1-8,10,14,21-22H,9H2. The van der Waals surface area contributed by atoms with Gasteiger partial charge < -0.3 is 10.4 Å². The fourth-order valence-electron chi connectivity index (χ4n) is 3.08. The van der Waals surface area contributed by atoms with E-state index in [1.165, 1.54) is 23.5 Å². The maximum atomic E-state index is 13.3. The van der Waals surface area contributed by atoms with Gasteiger partial charge in [0.1, 0.15) is 11.6 Å². The summed E-state index contributed by atoms with van der Waals surface area (Å²) in [7, 11) is 0. The topological polar surface area (TPSA) is 49.3 Å². The summed E-state index contributed by atoms with van der Waals surface area (Å²) in [6, 6.07) is 13.5. The molecule has 3 nitrogen and oxygen atoms in total. The van der Waals surface area contributed by atoms with Crippen molar-refractivity contribution in [2.75, 3.05) is 11.9 Å². The van der Waals surface area contributed by atoms with Crippen molar-refractivity contribution in [3.8, 4) is 16.9 Å². The molecule has 1 aliphatic heterocycles. The number of anilines is 1. The first-order chi connectivity index (χ1) is 11.6. The number of ketones is 1. The molecule has 0 radical (unpaired) electrons. The second kappa shape index (κ2) is 5.76. The summed E-state index contributed by atoms with van der Waals surface area (Å²) in [4.78, 5) is 13.1. The summed E-state index contributed by atoms with van der Waals surface area (Å²) >= 11 is 1.42. The molecule has 0 aliphatic carbocycles. The highest BCUT2D eigenvalue weighted by Crippen LogP contribution is 2.43. The average molecular weight is 339 g/mol. The third-order valence-electron chi connectivity index (χ3n) is 4.27. The molecule has 0 fully saturated rings. The van der Waals surface area contributed by atoms with Gasteiger partial charge in [0.25, 0.3) is 0 Å². The van der Waals surface area contributed by atoms with Gasteiger partial charge in [0.2, 0.25) is 0 Å². The van der Waals surface area contributed by atoms with Gasteiger partial charge >= 0.3 is 0 Å². The third-order valence-corrected chi connectivity index (χ3v) is 5.21. The van der Waals surface area contributed by atoms with Crippen LogP contribution in [0.5, 0.6) is 5.75 Å². The Kier molecular flexibility index (Phi) is 3.58. The third kappa shape index (κ3) is 2.37. The van der Waals surface area contributed by atoms with Crippen LogP contribution in [0.4, 0.5) is 9.39 Å². The Balaban J connectivity index is 1.80. The van der Waals surface area contributed by atoms with Crippen LogP contribution in [0.25, 0.3) is 11.1 Å². The lowest BCUT2D eigenvalue weighted by Crippen LogP contribution is -2.27. The van der Waals surface area contributed by atoms with E-state index in [0.29, 0.717) is 23.2 Å². The minimum atomic E-state index is -0.507. The van der Waals surface area contributed by atoms with Crippen LogP contribution in [0.1, 0.15) is 21.8 Å². The van der Waals surface area contributed by atoms with Gasteiger partial charge in [-0.1, -0.05) is 30.3 Å². The maximum absolute atomic E-state index is 13.3. The predicted octanol–water partition coefficient (Wildman–Crippen LogP) is 4.65. The Hall–Kier alpha value is -2.66. The Labute approximate surface area is 142 Å². The monoisotopic (exact) mass is 339 g/mol. The number of carbonyl (C=O) groups is 1. The lowest BCUT2D eigenvalue weighted by Gasteiger charge is -2.24. The van der Waals surface area contributed by atoms with E-state index >= 15 is 0 Å². The highest BCUT2D eigenvalue weighted by Gasteiger charge is 2.32. The minimum Gasteiger partial charge on any atom is -0.507 e.